The van der Waals surface area contributed by atoms with Crippen molar-refractivity contribution >= 4 is 33.3 Å². The average molecular weight is 452 g/mol. The Hall–Kier alpha value is -2.95. The summed E-state index contributed by atoms with van der Waals surface area (Å²) in [7, 11) is -3.49. The van der Waals surface area contributed by atoms with Gasteiger partial charge in [0.25, 0.3) is 0 Å². The van der Waals surface area contributed by atoms with Crippen molar-refractivity contribution in [1.29, 1.82) is 0 Å². The Morgan fingerprint density at radius 3 is 2.58 bits per heavy atom. The number of anilines is 3. The number of hydrogen-bond donors (Lipinski definition) is 2. The zero-order chi connectivity index (χ0) is 22.6. The van der Waals surface area contributed by atoms with Crippen LogP contribution in [-0.4, -0.2) is 66.9 Å². The Kier molecular flexibility index (Phi) is 6.94. The molecular formula is C20H26FN5O4S. The third-order valence-corrected chi connectivity index (χ3v) is 6.46. The van der Waals surface area contributed by atoms with Gasteiger partial charge in [-0.05, 0) is 43.9 Å². The first kappa shape index (κ1) is 22.7. The molecule has 0 saturated carbocycles. The van der Waals surface area contributed by atoms with Crippen LogP contribution in [0.4, 0.5) is 26.5 Å². The molecule has 0 radical (unpaired) electrons. The van der Waals surface area contributed by atoms with E-state index in [9.17, 15) is 17.6 Å². The first-order valence-corrected chi connectivity index (χ1v) is 11.9. The maximum atomic E-state index is 14.4. The number of carboxylic acid groups (broad SMARTS) is 1. The molecule has 1 fully saturated rings. The Bertz CT molecular complexity index is 1040. The van der Waals surface area contributed by atoms with Gasteiger partial charge in [-0.3, -0.25) is 0 Å². The highest BCUT2D eigenvalue weighted by atomic mass is 32.2. The van der Waals surface area contributed by atoms with E-state index in [0.29, 0.717) is 37.2 Å². The summed E-state index contributed by atoms with van der Waals surface area (Å²) in [6.45, 7) is 4.49. The number of sulfone groups is 1. The molecule has 1 aromatic heterocycles. The maximum Gasteiger partial charge on any atom is 0.407 e. The number of nitrogens with zero attached hydrogens (tertiary/aromatic N) is 4. The van der Waals surface area contributed by atoms with Crippen LogP contribution >= 0.6 is 0 Å². The lowest BCUT2D eigenvalue weighted by Gasteiger charge is -2.33. The maximum absolute atomic E-state index is 14.4. The van der Waals surface area contributed by atoms with Crippen LogP contribution in [0, 0.1) is 11.7 Å². The van der Waals surface area contributed by atoms with Crippen molar-refractivity contribution in [3.63, 3.8) is 0 Å². The summed E-state index contributed by atoms with van der Waals surface area (Å²) in [6.07, 6.45) is 3.11. The van der Waals surface area contributed by atoms with Crippen molar-refractivity contribution in [2.24, 2.45) is 5.92 Å². The summed E-state index contributed by atoms with van der Waals surface area (Å²) in [5.41, 5.74) is 0.112. The van der Waals surface area contributed by atoms with Crippen LogP contribution in [0.1, 0.15) is 19.8 Å². The molecule has 2 aromatic rings. The number of aromatic nitrogens is 2. The van der Waals surface area contributed by atoms with E-state index in [2.05, 4.69) is 20.2 Å². The zero-order valence-corrected chi connectivity index (χ0v) is 18.3. The van der Waals surface area contributed by atoms with Crippen molar-refractivity contribution in [1.82, 2.24) is 14.9 Å². The summed E-state index contributed by atoms with van der Waals surface area (Å²) in [4.78, 5) is 23.0. The van der Waals surface area contributed by atoms with Crippen molar-refractivity contribution in [2.45, 2.75) is 24.7 Å². The zero-order valence-electron chi connectivity index (χ0n) is 17.5. The Balaban J connectivity index is 1.69. The molecule has 168 valence electrons. The molecule has 3 rings (SSSR count). The van der Waals surface area contributed by atoms with Gasteiger partial charge >= 0.3 is 6.09 Å². The lowest BCUT2D eigenvalue weighted by molar-refractivity contribution is 0.125. The Morgan fingerprint density at radius 1 is 1.29 bits per heavy atom. The standard InChI is InChI=1S/C20H26FN5O4S/c1-3-25(12-14-6-8-26(9-7-14)20(27)28)19-11-18(22-13-23-19)24-17-5-4-15(10-16(17)21)31(2,29)30/h4-5,10-11,13-14H,3,6-9,12H2,1-2H3,(H,27,28)(H,22,23,24). The molecule has 0 unspecified atom stereocenters. The quantitative estimate of drug-likeness (QED) is 0.660. The summed E-state index contributed by atoms with van der Waals surface area (Å²) in [5, 5.41) is 12.0. The van der Waals surface area contributed by atoms with Crippen molar-refractivity contribution in [3.8, 4) is 0 Å². The van der Waals surface area contributed by atoms with Gasteiger partial charge in [0, 0.05) is 38.5 Å². The van der Waals surface area contributed by atoms with E-state index < -0.39 is 21.7 Å². The Labute approximate surface area is 180 Å². The number of piperidine rings is 1. The van der Waals surface area contributed by atoms with Gasteiger partial charge in [-0.25, -0.2) is 27.6 Å². The van der Waals surface area contributed by atoms with Gasteiger partial charge in [-0.1, -0.05) is 0 Å². The molecule has 0 aliphatic carbocycles. The molecular weight excluding hydrogens is 425 g/mol. The molecule has 1 aliphatic heterocycles. The smallest absolute Gasteiger partial charge is 0.407 e. The van der Waals surface area contributed by atoms with Crippen molar-refractivity contribution < 1.29 is 22.7 Å². The van der Waals surface area contributed by atoms with Gasteiger partial charge in [0.2, 0.25) is 0 Å². The number of amides is 1. The largest absolute Gasteiger partial charge is 0.465 e. The molecule has 1 saturated heterocycles. The lowest BCUT2D eigenvalue weighted by atomic mass is 9.96. The molecule has 2 N–H and O–H groups in total. The van der Waals surface area contributed by atoms with E-state index in [-0.39, 0.29) is 10.6 Å². The van der Waals surface area contributed by atoms with Crippen LogP contribution < -0.4 is 10.2 Å². The molecule has 0 atom stereocenters. The fourth-order valence-electron chi connectivity index (χ4n) is 3.56. The SMILES string of the molecule is CCN(CC1CCN(C(=O)O)CC1)c1cc(Nc2ccc(S(C)(=O)=O)cc2F)ncn1. The molecule has 2 heterocycles. The van der Waals surface area contributed by atoms with Crippen LogP contribution in [0.2, 0.25) is 0 Å². The van der Waals surface area contributed by atoms with E-state index in [1.54, 1.807) is 6.07 Å². The van der Waals surface area contributed by atoms with Gasteiger partial charge < -0.3 is 20.2 Å². The van der Waals surface area contributed by atoms with Gasteiger partial charge in [0.1, 0.15) is 23.8 Å². The fraction of sp³-hybridized carbons (Fsp3) is 0.450. The van der Waals surface area contributed by atoms with Crippen molar-refractivity contribution in [2.75, 3.05) is 42.7 Å². The first-order valence-electron chi connectivity index (χ1n) is 9.99. The number of likely N-dealkylation sites (tertiary alicyclic amines) is 1. The van der Waals surface area contributed by atoms with E-state index in [0.717, 1.165) is 31.7 Å². The highest BCUT2D eigenvalue weighted by Gasteiger charge is 2.24. The third-order valence-electron chi connectivity index (χ3n) is 5.35. The fourth-order valence-corrected chi connectivity index (χ4v) is 4.19. The van der Waals surface area contributed by atoms with E-state index >= 15 is 0 Å². The van der Waals surface area contributed by atoms with E-state index in [4.69, 9.17) is 5.11 Å². The van der Waals surface area contributed by atoms with Gasteiger partial charge in [0.15, 0.2) is 9.84 Å². The minimum Gasteiger partial charge on any atom is -0.465 e. The predicted octanol–water partition coefficient (Wildman–Crippen LogP) is 2.98. The third kappa shape index (κ3) is 5.81. The number of carbonyl (C=O) groups is 1. The van der Waals surface area contributed by atoms with E-state index in [1.807, 2.05) is 6.92 Å². The number of benzene rings is 1. The molecule has 31 heavy (non-hydrogen) atoms. The van der Waals surface area contributed by atoms with Gasteiger partial charge in [-0.15, -0.1) is 0 Å². The second-order valence-corrected chi connectivity index (χ2v) is 9.57. The highest BCUT2D eigenvalue weighted by Crippen LogP contribution is 2.25. The minimum absolute atomic E-state index is 0.0926. The summed E-state index contributed by atoms with van der Waals surface area (Å²) in [6, 6.07) is 5.38. The highest BCUT2D eigenvalue weighted by molar-refractivity contribution is 7.90. The molecule has 1 aromatic carbocycles. The molecule has 1 amide bonds. The summed E-state index contributed by atoms with van der Waals surface area (Å²) >= 11 is 0. The average Bonchev–Trinajstić information content (AvgIpc) is 2.73. The Morgan fingerprint density at radius 2 is 2.00 bits per heavy atom. The van der Waals surface area contributed by atoms with Crippen LogP contribution in [0.3, 0.4) is 0 Å². The number of hydrogen-bond acceptors (Lipinski definition) is 7. The molecule has 0 bridgehead atoms. The van der Waals surface area contributed by atoms with Crippen LogP contribution in [0.25, 0.3) is 0 Å². The van der Waals surface area contributed by atoms with Gasteiger partial charge in [0.05, 0.1) is 10.6 Å². The van der Waals surface area contributed by atoms with Crippen LogP contribution in [0.5, 0.6) is 0 Å². The molecule has 1 aliphatic rings. The lowest BCUT2D eigenvalue weighted by Crippen LogP contribution is -2.41. The number of nitrogens with one attached hydrogen (secondary N) is 1. The predicted molar refractivity (Wildman–Crippen MR) is 115 cm³/mol. The molecule has 0 spiro atoms. The minimum atomic E-state index is -3.49. The number of halogens is 1. The molecule has 11 heteroatoms. The van der Waals surface area contributed by atoms with Crippen molar-refractivity contribution in [3.05, 3.63) is 36.4 Å². The molecule has 9 nitrogen and oxygen atoms in total. The normalized spacial score (nSPS) is 15.0. The summed E-state index contributed by atoms with van der Waals surface area (Å²) in [5.74, 6) is 0.715. The van der Waals surface area contributed by atoms with Crippen LogP contribution in [0.15, 0.2) is 35.5 Å². The summed E-state index contributed by atoms with van der Waals surface area (Å²) < 4.78 is 37.5. The van der Waals surface area contributed by atoms with Gasteiger partial charge in [-0.2, -0.15) is 0 Å². The topological polar surface area (TPSA) is 116 Å². The second-order valence-electron chi connectivity index (χ2n) is 7.55. The second kappa shape index (κ2) is 9.46. The van der Waals surface area contributed by atoms with E-state index in [1.165, 1.54) is 23.4 Å². The van der Waals surface area contributed by atoms with Crippen LogP contribution in [-0.2, 0) is 9.84 Å². The monoisotopic (exact) mass is 451 g/mol. The first-order chi connectivity index (χ1) is 14.7. The number of rotatable bonds is 7.